The molecule has 0 bridgehead atoms. The molecule has 0 amide bonds. The van der Waals surface area contributed by atoms with Crippen LogP contribution < -0.4 is 6.15 Å². The molecule has 0 radical (unpaired) electrons. The van der Waals surface area contributed by atoms with Gasteiger partial charge in [-0.15, -0.1) is 0 Å². The molecule has 0 spiro atoms. The fraction of sp³-hybridized carbons (Fsp3) is 0.250. The smallest absolute Gasteiger partial charge is 0.294 e. The maximum atomic E-state index is 10.8. The van der Waals surface area contributed by atoms with Crippen molar-refractivity contribution < 1.29 is 13.0 Å². The zero-order valence-corrected chi connectivity index (χ0v) is 8.21. The molecule has 0 aliphatic rings. The Bertz CT molecular complexity index is 373. The minimum Gasteiger partial charge on any atom is -0.344 e. The predicted octanol–water partition coefficient (Wildman–Crippen LogP) is 1.66. The van der Waals surface area contributed by atoms with E-state index in [1.807, 2.05) is 6.92 Å². The van der Waals surface area contributed by atoms with Gasteiger partial charge in [0.15, 0.2) is 0 Å². The van der Waals surface area contributed by atoms with E-state index < -0.39 is 10.1 Å². The van der Waals surface area contributed by atoms with Crippen LogP contribution in [0.15, 0.2) is 29.2 Å². The number of benzene rings is 1. The molecular weight excluding hydrogens is 190 g/mol. The molecule has 13 heavy (non-hydrogen) atoms. The Morgan fingerprint density at radius 2 is 1.85 bits per heavy atom. The van der Waals surface area contributed by atoms with Crippen molar-refractivity contribution in [3.63, 3.8) is 0 Å². The lowest BCUT2D eigenvalue weighted by atomic mass is 10.2. The lowest BCUT2D eigenvalue weighted by Gasteiger charge is -2.02. The van der Waals surface area contributed by atoms with Crippen LogP contribution in [0.4, 0.5) is 0 Å². The topological polar surface area (TPSA) is 89.4 Å². The molecule has 1 aromatic carbocycles. The van der Waals surface area contributed by atoms with Crippen molar-refractivity contribution in [3.8, 4) is 0 Å². The summed E-state index contributed by atoms with van der Waals surface area (Å²) in [4.78, 5) is 0.00694. The summed E-state index contributed by atoms with van der Waals surface area (Å²) >= 11 is 0. The molecular formula is C8H13NO3S. The van der Waals surface area contributed by atoms with Gasteiger partial charge in [-0.2, -0.15) is 8.42 Å². The lowest BCUT2D eigenvalue weighted by Crippen LogP contribution is -2.01. The Morgan fingerprint density at radius 3 is 2.23 bits per heavy atom. The van der Waals surface area contributed by atoms with E-state index in [9.17, 15) is 8.42 Å². The van der Waals surface area contributed by atoms with Crippen LogP contribution in [0.5, 0.6) is 0 Å². The van der Waals surface area contributed by atoms with Gasteiger partial charge in [0.2, 0.25) is 0 Å². The van der Waals surface area contributed by atoms with Crippen molar-refractivity contribution >= 4 is 10.1 Å². The summed E-state index contributed by atoms with van der Waals surface area (Å²) in [6, 6.07) is 6.41. The van der Waals surface area contributed by atoms with Gasteiger partial charge >= 0.3 is 0 Å². The molecule has 1 rings (SSSR count). The van der Waals surface area contributed by atoms with E-state index >= 15 is 0 Å². The van der Waals surface area contributed by atoms with Crippen LogP contribution in [0.3, 0.4) is 0 Å². The Balaban J connectivity index is 0.00000144. The normalized spacial score (nSPS) is 10.6. The molecule has 0 saturated carbocycles. The minimum absolute atomic E-state index is 0. The van der Waals surface area contributed by atoms with Gasteiger partial charge in [-0.25, -0.2) is 0 Å². The third-order valence-corrected chi connectivity index (χ3v) is 2.59. The largest absolute Gasteiger partial charge is 0.344 e. The second-order valence-electron chi connectivity index (χ2n) is 2.44. The van der Waals surface area contributed by atoms with Crippen LogP contribution in [0.1, 0.15) is 12.5 Å². The quantitative estimate of drug-likeness (QED) is 0.715. The van der Waals surface area contributed by atoms with Crippen LogP contribution in [0, 0.1) is 0 Å². The molecule has 0 heterocycles. The Morgan fingerprint density at radius 1 is 1.31 bits per heavy atom. The van der Waals surface area contributed by atoms with Gasteiger partial charge in [-0.3, -0.25) is 4.55 Å². The summed E-state index contributed by atoms with van der Waals surface area (Å²) in [5, 5.41) is 0. The molecule has 0 aliphatic heterocycles. The summed E-state index contributed by atoms with van der Waals surface area (Å²) < 4.78 is 30.3. The number of rotatable bonds is 2. The molecule has 0 fully saturated rings. The predicted molar refractivity (Wildman–Crippen MR) is 50.7 cm³/mol. The van der Waals surface area contributed by atoms with E-state index in [0.717, 1.165) is 0 Å². The number of aryl methyl sites for hydroxylation is 1. The average molecular weight is 203 g/mol. The van der Waals surface area contributed by atoms with Crippen molar-refractivity contribution in [1.82, 2.24) is 6.15 Å². The number of hydrogen-bond acceptors (Lipinski definition) is 3. The summed E-state index contributed by atoms with van der Waals surface area (Å²) in [5.74, 6) is 0. The van der Waals surface area contributed by atoms with Gasteiger partial charge in [0.05, 0.1) is 4.90 Å². The fourth-order valence-corrected chi connectivity index (χ4v) is 1.84. The van der Waals surface area contributed by atoms with E-state index in [1.165, 1.54) is 6.07 Å². The maximum absolute atomic E-state index is 10.8. The van der Waals surface area contributed by atoms with Crippen molar-refractivity contribution in [2.75, 3.05) is 0 Å². The summed E-state index contributed by atoms with van der Waals surface area (Å²) in [6.45, 7) is 1.84. The van der Waals surface area contributed by atoms with Gasteiger partial charge in [-0.1, -0.05) is 25.1 Å². The second-order valence-corrected chi connectivity index (χ2v) is 3.83. The van der Waals surface area contributed by atoms with E-state index in [4.69, 9.17) is 4.55 Å². The van der Waals surface area contributed by atoms with E-state index in [2.05, 4.69) is 0 Å². The molecule has 0 atom stereocenters. The van der Waals surface area contributed by atoms with Crippen LogP contribution >= 0.6 is 0 Å². The first-order valence-electron chi connectivity index (χ1n) is 3.61. The van der Waals surface area contributed by atoms with Crippen LogP contribution in [0.25, 0.3) is 0 Å². The Kier molecular flexibility index (Phi) is 4.06. The lowest BCUT2D eigenvalue weighted by molar-refractivity contribution is 0.482. The van der Waals surface area contributed by atoms with Crippen molar-refractivity contribution in [1.29, 1.82) is 0 Å². The van der Waals surface area contributed by atoms with Crippen LogP contribution in [-0.4, -0.2) is 13.0 Å². The van der Waals surface area contributed by atoms with Crippen molar-refractivity contribution in [3.05, 3.63) is 29.8 Å². The van der Waals surface area contributed by atoms with Gasteiger partial charge < -0.3 is 6.15 Å². The molecule has 0 unspecified atom stereocenters. The molecule has 4 nitrogen and oxygen atoms in total. The molecule has 5 heteroatoms. The van der Waals surface area contributed by atoms with E-state index in [0.29, 0.717) is 12.0 Å². The Hall–Kier alpha value is -0.910. The van der Waals surface area contributed by atoms with Crippen molar-refractivity contribution in [2.24, 2.45) is 0 Å². The minimum atomic E-state index is -4.05. The molecule has 0 saturated heterocycles. The molecule has 1 aromatic rings. The highest BCUT2D eigenvalue weighted by Crippen LogP contribution is 2.14. The van der Waals surface area contributed by atoms with E-state index in [1.54, 1.807) is 18.2 Å². The monoisotopic (exact) mass is 203 g/mol. The highest BCUT2D eigenvalue weighted by atomic mass is 32.2. The zero-order valence-electron chi connectivity index (χ0n) is 7.40. The average Bonchev–Trinajstić information content (AvgIpc) is 2.03. The van der Waals surface area contributed by atoms with Gasteiger partial charge in [-0.05, 0) is 18.1 Å². The maximum Gasteiger partial charge on any atom is 0.294 e. The number of hydrogen-bond donors (Lipinski definition) is 2. The van der Waals surface area contributed by atoms with Gasteiger partial charge in [0.25, 0.3) is 10.1 Å². The van der Waals surface area contributed by atoms with Crippen LogP contribution in [-0.2, 0) is 16.5 Å². The highest BCUT2D eigenvalue weighted by Gasteiger charge is 2.12. The standard InChI is InChI=1S/C8H10O3S.H3N/c1-2-7-5-3-4-6-8(7)12(9,10)11;/h3-6H,2H2,1H3,(H,9,10,11);1H3. The first kappa shape index (κ1) is 12.1. The van der Waals surface area contributed by atoms with Crippen molar-refractivity contribution in [2.45, 2.75) is 18.2 Å². The summed E-state index contributed by atoms with van der Waals surface area (Å²) in [7, 11) is -4.05. The summed E-state index contributed by atoms with van der Waals surface area (Å²) in [6.07, 6.45) is 0.593. The molecule has 0 aromatic heterocycles. The fourth-order valence-electron chi connectivity index (χ4n) is 1.05. The molecule has 74 valence electrons. The first-order chi connectivity index (χ1) is 5.55. The highest BCUT2D eigenvalue weighted by molar-refractivity contribution is 7.85. The first-order valence-corrected chi connectivity index (χ1v) is 5.05. The van der Waals surface area contributed by atoms with Crippen LogP contribution in [0.2, 0.25) is 0 Å². The third-order valence-electron chi connectivity index (χ3n) is 1.63. The van der Waals surface area contributed by atoms with Gasteiger partial charge in [0.1, 0.15) is 0 Å². The second kappa shape index (κ2) is 4.36. The van der Waals surface area contributed by atoms with Gasteiger partial charge in [0, 0.05) is 0 Å². The SMILES string of the molecule is CCc1ccccc1S(=O)(=O)O.N. The molecule has 0 aliphatic carbocycles. The summed E-state index contributed by atoms with van der Waals surface area (Å²) in [5.41, 5.74) is 0.639. The zero-order chi connectivity index (χ0) is 9.19. The van der Waals surface area contributed by atoms with E-state index in [-0.39, 0.29) is 11.0 Å². The Labute approximate surface area is 77.9 Å². The molecule has 4 N–H and O–H groups in total. The third kappa shape index (κ3) is 2.80.